The normalized spacial score (nSPS) is 11.4. The van der Waals surface area contributed by atoms with Crippen LogP contribution in [0.4, 0.5) is 27.5 Å². The number of methoxy groups -OCH3 is 2. The average Bonchev–Trinajstić information content (AvgIpc) is 3.13. The fraction of sp³-hybridized carbons (Fsp3) is 0.0541. The number of carbonyl (C=O) groups is 3. The van der Waals surface area contributed by atoms with Gasteiger partial charge in [0, 0.05) is 11.4 Å². The van der Waals surface area contributed by atoms with Gasteiger partial charge in [-0.15, -0.1) is 0 Å². The van der Waals surface area contributed by atoms with E-state index in [1.807, 2.05) is 0 Å². The van der Waals surface area contributed by atoms with Crippen molar-refractivity contribution >= 4 is 82.3 Å². The maximum absolute atomic E-state index is 13.3. The molecule has 6 rings (SSSR count). The van der Waals surface area contributed by atoms with Gasteiger partial charge < -0.3 is 20.1 Å². The first-order valence-electron chi connectivity index (χ1n) is 15.4. The molecular weight excluding hydrogens is 709 g/mol. The molecule has 6 aromatic carbocycles. The van der Waals surface area contributed by atoms with Crippen molar-refractivity contribution < 1.29 is 40.7 Å². The minimum atomic E-state index is -4.12. The lowest BCUT2D eigenvalue weighted by Gasteiger charge is -2.13. The van der Waals surface area contributed by atoms with Crippen molar-refractivity contribution in [2.24, 2.45) is 0 Å². The van der Waals surface area contributed by atoms with Crippen molar-refractivity contribution in [2.75, 3.05) is 34.3 Å². The third kappa shape index (κ3) is 7.65. The molecule has 0 radical (unpaired) electrons. The third-order valence-corrected chi connectivity index (χ3v) is 10.6. The fourth-order valence-corrected chi connectivity index (χ4v) is 7.59. The molecule has 0 atom stereocenters. The lowest BCUT2D eigenvalue weighted by Crippen LogP contribution is -2.19. The van der Waals surface area contributed by atoms with Crippen LogP contribution in [-0.2, 0) is 29.5 Å². The van der Waals surface area contributed by atoms with Crippen LogP contribution in [0.1, 0.15) is 20.7 Å². The zero-order valence-corrected chi connectivity index (χ0v) is 29.2. The molecule has 0 heterocycles. The Kier molecular flexibility index (Phi) is 9.81. The van der Waals surface area contributed by atoms with E-state index in [0.717, 1.165) is 0 Å². The highest BCUT2D eigenvalue weighted by Gasteiger charge is 2.21. The summed E-state index contributed by atoms with van der Waals surface area (Å²) < 4.78 is 67.5. The number of hydrogen-bond donors (Lipinski definition) is 4. The number of anilines is 4. The van der Waals surface area contributed by atoms with E-state index < -0.39 is 38.0 Å². The van der Waals surface area contributed by atoms with E-state index in [0.29, 0.717) is 32.9 Å². The molecule has 2 amide bonds. The van der Waals surface area contributed by atoms with E-state index in [1.54, 1.807) is 72.8 Å². The number of carbonyl (C=O) groups excluding carboxylic acids is 3. The molecule has 13 nitrogen and oxygen atoms in total. The molecule has 0 spiro atoms. The van der Waals surface area contributed by atoms with Gasteiger partial charge in [0.15, 0.2) is 0 Å². The van der Waals surface area contributed by atoms with E-state index in [9.17, 15) is 31.2 Å². The molecule has 4 N–H and O–H groups in total. The van der Waals surface area contributed by atoms with Gasteiger partial charge in [-0.2, -0.15) is 0 Å². The highest BCUT2D eigenvalue weighted by Crippen LogP contribution is 2.28. The van der Waals surface area contributed by atoms with Crippen LogP contribution in [0.15, 0.2) is 131 Å². The van der Waals surface area contributed by atoms with Crippen molar-refractivity contribution in [3.05, 3.63) is 132 Å². The number of para-hydroxylation sites is 2. The molecular formula is C37H30N4O9S2. The lowest BCUT2D eigenvalue weighted by atomic mass is 10.1. The number of rotatable bonds is 10. The molecule has 6 aromatic rings. The SMILES string of the molecule is COC(=O)c1ccccc1NS(=O)(=O)c1ccc2ccc(NC(=O)Nc3ccc4ccc(S(=O)(=O)Nc5ccccc5C(=O)OC)cc4c3)cc2c1. The number of hydrogen-bond acceptors (Lipinski definition) is 9. The fourth-order valence-electron chi connectivity index (χ4n) is 5.36. The molecule has 0 aliphatic carbocycles. The first-order chi connectivity index (χ1) is 24.9. The zero-order valence-electron chi connectivity index (χ0n) is 27.5. The Morgan fingerprint density at radius 1 is 0.481 bits per heavy atom. The summed E-state index contributed by atoms with van der Waals surface area (Å²) in [6.45, 7) is 0. The number of esters is 2. The second kappa shape index (κ2) is 14.4. The summed E-state index contributed by atoms with van der Waals surface area (Å²) in [7, 11) is -5.83. The van der Waals surface area contributed by atoms with Gasteiger partial charge in [0.25, 0.3) is 20.0 Å². The monoisotopic (exact) mass is 738 g/mol. The van der Waals surface area contributed by atoms with E-state index in [2.05, 4.69) is 20.1 Å². The van der Waals surface area contributed by atoms with Crippen molar-refractivity contribution in [1.29, 1.82) is 0 Å². The summed E-state index contributed by atoms with van der Waals surface area (Å²) >= 11 is 0. The molecule has 15 heteroatoms. The summed E-state index contributed by atoms with van der Waals surface area (Å²) in [6.07, 6.45) is 0. The Hall–Kier alpha value is -6.45. The molecule has 0 bridgehead atoms. The molecule has 264 valence electrons. The quantitative estimate of drug-likeness (QED) is 0.110. The number of amides is 2. The zero-order chi connectivity index (χ0) is 37.0. The van der Waals surface area contributed by atoms with Crippen LogP contribution in [0.5, 0.6) is 0 Å². The Morgan fingerprint density at radius 2 is 0.865 bits per heavy atom. The van der Waals surface area contributed by atoms with Crippen molar-refractivity contribution in [2.45, 2.75) is 9.79 Å². The topological polar surface area (TPSA) is 186 Å². The van der Waals surface area contributed by atoms with E-state index in [-0.39, 0.29) is 32.3 Å². The average molecular weight is 739 g/mol. The number of benzene rings is 6. The molecule has 0 aliphatic heterocycles. The van der Waals surface area contributed by atoms with Crippen molar-refractivity contribution in [3.63, 3.8) is 0 Å². The predicted octanol–water partition coefficient (Wildman–Crippen LogP) is 6.81. The Morgan fingerprint density at radius 3 is 1.27 bits per heavy atom. The molecule has 0 saturated carbocycles. The summed E-state index contributed by atoms with van der Waals surface area (Å²) in [4.78, 5) is 37.2. The van der Waals surface area contributed by atoms with E-state index >= 15 is 0 Å². The maximum Gasteiger partial charge on any atom is 0.339 e. The molecule has 0 aromatic heterocycles. The van der Waals surface area contributed by atoms with Crippen LogP contribution in [0.25, 0.3) is 21.5 Å². The minimum Gasteiger partial charge on any atom is -0.465 e. The largest absolute Gasteiger partial charge is 0.465 e. The highest BCUT2D eigenvalue weighted by atomic mass is 32.2. The summed E-state index contributed by atoms with van der Waals surface area (Å²) in [6, 6.07) is 30.5. The van der Waals surface area contributed by atoms with Crippen LogP contribution in [-0.4, -0.2) is 49.0 Å². The summed E-state index contributed by atoms with van der Waals surface area (Å²) in [5.74, 6) is -1.39. The Bertz CT molecular complexity index is 2430. The van der Waals surface area contributed by atoms with Gasteiger partial charge >= 0.3 is 18.0 Å². The van der Waals surface area contributed by atoms with Gasteiger partial charge in [-0.1, -0.05) is 48.5 Å². The summed E-state index contributed by atoms with van der Waals surface area (Å²) in [5.41, 5.74) is 0.975. The summed E-state index contributed by atoms with van der Waals surface area (Å²) in [5, 5.41) is 7.91. The van der Waals surface area contributed by atoms with Crippen LogP contribution in [0.2, 0.25) is 0 Å². The first kappa shape index (κ1) is 35.4. The number of fused-ring (bicyclic) bond motifs is 2. The standard InChI is InChI=1S/C37H30N4O9S2/c1-49-35(42)31-7-3-5-9-33(31)40-51(45,46)29-17-13-23-11-15-27(19-25(23)21-29)38-37(44)39-28-16-12-24-14-18-30(22-26(24)20-28)52(47,48)41-34-10-6-4-8-32(34)36(43)50-2/h3-22,40-41H,1-2H3,(H2,38,39,44). The number of urea groups is 1. The van der Waals surface area contributed by atoms with Crippen molar-refractivity contribution in [1.82, 2.24) is 0 Å². The van der Waals surface area contributed by atoms with Gasteiger partial charge in [0.1, 0.15) is 0 Å². The van der Waals surface area contributed by atoms with Gasteiger partial charge in [-0.25, -0.2) is 31.2 Å². The molecule has 0 fully saturated rings. The number of ether oxygens (including phenoxy) is 2. The van der Waals surface area contributed by atoms with Gasteiger partial charge in [-0.05, 0) is 94.3 Å². The molecule has 0 saturated heterocycles. The van der Waals surface area contributed by atoms with Gasteiger partial charge in [0.2, 0.25) is 0 Å². The van der Waals surface area contributed by atoms with Gasteiger partial charge in [0.05, 0.1) is 46.5 Å². The number of sulfonamides is 2. The highest BCUT2D eigenvalue weighted by molar-refractivity contribution is 7.93. The maximum atomic E-state index is 13.3. The van der Waals surface area contributed by atoms with Crippen LogP contribution < -0.4 is 20.1 Å². The van der Waals surface area contributed by atoms with Crippen LogP contribution >= 0.6 is 0 Å². The number of nitrogens with one attached hydrogen (secondary N) is 4. The van der Waals surface area contributed by atoms with Crippen molar-refractivity contribution in [3.8, 4) is 0 Å². The molecule has 0 unspecified atom stereocenters. The lowest BCUT2D eigenvalue weighted by molar-refractivity contribution is 0.0593. The Labute approximate surface area is 298 Å². The van der Waals surface area contributed by atoms with Gasteiger partial charge in [-0.3, -0.25) is 9.44 Å². The van der Waals surface area contributed by atoms with Crippen LogP contribution in [0.3, 0.4) is 0 Å². The Balaban J connectivity index is 1.18. The second-order valence-corrected chi connectivity index (χ2v) is 14.7. The molecule has 0 aliphatic rings. The van der Waals surface area contributed by atoms with Crippen LogP contribution in [0, 0.1) is 0 Å². The third-order valence-electron chi connectivity index (χ3n) is 7.91. The smallest absolute Gasteiger partial charge is 0.339 e. The molecule has 52 heavy (non-hydrogen) atoms. The minimum absolute atomic E-state index is 0.0550. The van der Waals surface area contributed by atoms with E-state index in [1.165, 1.54) is 62.8 Å². The first-order valence-corrected chi connectivity index (χ1v) is 18.4. The van der Waals surface area contributed by atoms with E-state index in [4.69, 9.17) is 9.47 Å². The second-order valence-electron chi connectivity index (χ2n) is 11.3. The predicted molar refractivity (Wildman–Crippen MR) is 198 cm³/mol.